The normalized spacial score (nSPS) is 19.0. The summed E-state index contributed by atoms with van der Waals surface area (Å²) in [5.41, 5.74) is 0. The van der Waals surface area contributed by atoms with Crippen molar-refractivity contribution in [2.24, 2.45) is 5.92 Å². The van der Waals surface area contributed by atoms with Crippen LogP contribution >= 0.6 is 0 Å². The number of anilines is 2. The van der Waals surface area contributed by atoms with E-state index in [1.54, 1.807) is 11.0 Å². The van der Waals surface area contributed by atoms with Crippen LogP contribution in [0.25, 0.3) is 0 Å². The van der Waals surface area contributed by atoms with E-state index < -0.39 is 0 Å². The van der Waals surface area contributed by atoms with Gasteiger partial charge in [-0.15, -0.1) is 10.2 Å². The largest absolute Gasteiger partial charge is 0.352 e. The standard InChI is InChI=1S/C14H19N5O2/c20-10-18-6-8-19(9-7-18)13-5-4-12(16-17-13)15-14(21)11-2-1-3-11/h4-5,10-11H,1-3,6-9H2,(H,15,16,21). The molecule has 0 aromatic carbocycles. The van der Waals surface area contributed by atoms with Gasteiger partial charge in [0.15, 0.2) is 11.6 Å². The van der Waals surface area contributed by atoms with Crippen molar-refractivity contribution in [3.05, 3.63) is 12.1 Å². The van der Waals surface area contributed by atoms with Gasteiger partial charge in [0.05, 0.1) is 0 Å². The number of aromatic nitrogens is 2. The Morgan fingerprint density at radius 3 is 2.48 bits per heavy atom. The molecule has 1 saturated carbocycles. The molecule has 0 unspecified atom stereocenters. The molecule has 0 bridgehead atoms. The number of piperazine rings is 1. The predicted molar refractivity (Wildman–Crippen MR) is 77.9 cm³/mol. The molecule has 112 valence electrons. The first kappa shape index (κ1) is 13.8. The van der Waals surface area contributed by atoms with Crippen molar-refractivity contribution in [2.45, 2.75) is 19.3 Å². The molecule has 2 heterocycles. The summed E-state index contributed by atoms with van der Waals surface area (Å²) in [6, 6.07) is 3.64. The van der Waals surface area contributed by atoms with Crippen molar-refractivity contribution in [1.82, 2.24) is 15.1 Å². The molecule has 1 aliphatic heterocycles. The molecule has 0 spiro atoms. The maximum Gasteiger partial charge on any atom is 0.228 e. The third-order valence-electron chi connectivity index (χ3n) is 4.17. The van der Waals surface area contributed by atoms with Crippen LogP contribution in [0.4, 0.5) is 11.6 Å². The molecule has 1 aromatic rings. The van der Waals surface area contributed by atoms with Crippen LogP contribution in [0.1, 0.15) is 19.3 Å². The smallest absolute Gasteiger partial charge is 0.228 e. The first-order valence-corrected chi connectivity index (χ1v) is 7.35. The van der Waals surface area contributed by atoms with E-state index in [-0.39, 0.29) is 11.8 Å². The Kier molecular flexibility index (Phi) is 3.98. The minimum Gasteiger partial charge on any atom is -0.352 e. The second kappa shape index (κ2) is 6.07. The molecule has 2 amide bonds. The van der Waals surface area contributed by atoms with E-state index in [1.807, 2.05) is 6.07 Å². The number of carbonyl (C=O) groups is 2. The van der Waals surface area contributed by atoms with Crippen molar-refractivity contribution in [1.29, 1.82) is 0 Å². The molecular formula is C14H19N5O2. The van der Waals surface area contributed by atoms with Crippen LogP contribution in [0.15, 0.2) is 12.1 Å². The number of hydrogen-bond donors (Lipinski definition) is 1. The maximum atomic E-state index is 11.8. The molecule has 7 nitrogen and oxygen atoms in total. The highest BCUT2D eigenvalue weighted by Crippen LogP contribution is 2.27. The topological polar surface area (TPSA) is 78.4 Å². The summed E-state index contributed by atoms with van der Waals surface area (Å²) >= 11 is 0. The SMILES string of the molecule is O=CN1CCN(c2ccc(NC(=O)C3CCC3)nn2)CC1. The summed E-state index contributed by atoms with van der Waals surface area (Å²) in [5, 5.41) is 11.0. The molecular weight excluding hydrogens is 270 g/mol. The van der Waals surface area contributed by atoms with Gasteiger partial charge >= 0.3 is 0 Å². The Labute approximate surface area is 123 Å². The Balaban J connectivity index is 1.56. The fourth-order valence-corrected chi connectivity index (χ4v) is 2.52. The lowest BCUT2D eigenvalue weighted by Crippen LogP contribution is -2.46. The monoisotopic (exact) mass is 289 g/mol. The van der Waals surface area contributed by atoms with Gasteiger partial charge in [-0.3, -0.25) is 9.59 Å². The number of amides is 2. The van der Waals surface area contributed by atoms with Crippen molar-refractivity contribution in [2.75, 3.05) is 36.4 Å². The van der Waals surface area contributed by atoms with Crippen LogP contribution in [-0.2, 0) is 9.59 Å². The zero-order valence-corrected chi connectivity index (χ0v) is 11.9. The van der Waals surface area contributed by atoms with Crippen LogP contribution in [-0.4, -0.2) is 53.6 Å². The molecule has 1 aromatic heterocycles. The van der Waals surface area contributed by atoms with E-state index in [9.17, 15) is 9.59 Å². The minimum atomic E-state index is 0.0443. The zero-order valence-electron chi connectivity index (χ0n) is 11.9. The average Bonchev–Trinajstić information content (AvgIpc) is 2.46. The van der Waals surface area contributed by atoms with E-state index >= 15 is 0 Å². The Morgan fingerprint density at radius 2 is 1.95 bits per heavy atom. The Morgan fingerprint density at radius 1 is 1.19 bits per heavy atom. The van der Waals surface area contributed by atoms with E-state index in [4.69, 9.17) is 0 Å². The quantitative estimate of drug-likeness (QED) is 0.816. The van der Waals surface area contributed by atoms with Gasteiger partial charge < -0.3 is 15.1 Å². The summed E-state index contributed by atoms with van der Waals surface area (Å²) < 4.78 is 0. The van der Waals surface area contributed by atoms with Crippen LogP contribution in [0.5, 0.6) is 0 Å². The van der Waals surface area contributed by atoms with Gasteiger partial charge in [-0.2, -0.15) is 0 Å². The number of nitrogens with one attached hydrogen (secondary N) is 1. The molecule has 21 heavy (non-hydrogen) atoms. The van der Waals surface area contributed by atoms with E-state index in [0.717, 1.165) is 44.6 Å². The number of carbonyl (C=O) groups excluding carboxylic acids is 2. The first-order chi connectivity index (χ1) is 10.3. The van der Waals surface area contributed by atoms with Crippen LogP contribution in [0, 0.1) is 5.92 Å². The number of nitrogens with zero attached hydrogens (tertiary/aromatic N) is 4. The fourth-order valence-electron chi connectivity index (χ4n) is 2.52. The second-order valence-electron chi connectivity index (χ2n) is 5.52. The summed E-state index contributed by atoms with van der Waals surface area (Å²) in [6.07, 6.45) is 3.95. The van der Waals surface area contributed by atoms with Crippen molar-refractivity contribution in [3.63, 3.8) is 0 Å². The molecule has 7 heteroatoms. The molecule has 1 aliphatic carbocycles. The lowest BCUT2D eigenvalue weighted by Gasteiger charge is -2.33. The van der Waals surface area contributed by atoms with Gasteiger partial charge in [0, 0.05) is 32.1 Å². The molecule has 1 saturated heterocycles. The lowest BCUT2D eigenvalue weighted by molar-refractivity contribution is -0.122. The minimum absolute atomic E-state index is 0.0443. The molecule has 1 N–H and O–H groups in total. The van der Waals surface area contributed by atoms with Gasteiger partial charge in [0.25, 0.3) is 0 Å². The summed E-state index contributed by atoms with van der Waals surface area (Å²) in [5.74, 6) is 1.47. The van der Waals surface area contributed by atoms with Crippen LogP contribution in [0.3, 0.4) is 0 Å². The van der Waals surface area contributed by atoms with Gasteiger partial charge in [-0.1, -0.05) is 6.42 Å². The van der Waals surface area contributed by atoms with Gasteiger partial charge in [0.2, 0.25) is 12.3 Å². The number of hydrogen-bond acceptors (Lipinski definition) is 5. The van der Waals surface area contributed by atoms with Crippen LogP contribution < -0.4 is 10.2 Å². The van der Waals surface area contributed by atoms with Crippen molar-refractivity contribution in [3.8, 4) is 0 Å². The fraction of sp³-hybridized carbons (Fsp3) is 0.571. The van der Waals surface area contributed by atoms with E-state index in [1.165, 1.54) is 0 Å². The van der Waals surface area contributed by atoms with Gasteiger partial charge in [-0.05, 0) is 25.0 Å². The Hall–Kier alpha value is -2.18. The highest BCUT2D eigenvalue weighted by molar-refractivity contribution is 5.92. The van der Waals surface area contributed by atoms with Crippen LogP contribution in [0.2, 0.25) is 0 Å². The van der Waals surface area contributed by atoms with Gasteiger partial charge in [-0.25, -0.2) is 0 Å². The third-order valence-corrected chi connectivity index (χ3v) is 4.17. The van der Waals surface area contributed by atoms with Gasteiger partial charge in [0.1, 0.15) is 0 Å². The summed E-state index contributed by atoms with van der Waals surface area (Å²) in [6.45, 7) is 2.90. The highest BCUT2D eigenvalue weighted by atomic mass is 16.2. The Bertz CT molecular complexity index is 507. The zero-order chi connectivity index (χ0) is 14.7. The lowest BCUT2D eigenvalue weighted by atomic mass is 9.85. The molecule has 0 radical (unpaired) electrons. The molecule has 2 aliphatic rings. The van der Waals surface area contributed by atoms with Crippen molar-refractivity contribution < 1.29 is 9.59 Å². The second-order valence-corrected chi connectivity index (χ2v) is 5.52. The number of rotatable bonds is 4. The van der Waals surface area contributed by atoms with E-state index in [2.05, 4.69) is 20.4 Å². The first-order valence-electron chi connectivity index (χ1n) is 7.35. The highest BCUT2D eigenvalue weighted by Gasteiger charge is 2.25. The molecule has 3 rings (SSSR count). The average molecular weight is 289 g/mol. The van der Waals surface area contributed by atoms with Crippen molar-refractivity contribution >= 4 is 24.0 Å². The molecule has 2 fully saturated rings. The maximum absolute atomic E-state index is 11.8. The third kappa shape index (κ3) is 3.12. The predicted octanol–water partition coefficient (Wildman–Crippen LogP) is 0.494. The summed E-state index contributed by atoms with van der Waals surface area (Å²) in [4.78, 5) is 26.3. The molecule has 0 atom stereocenters. The summed E-state index contributed by atoms with van der Waals surface area (Å²) in [7, 11) is 0. The van der Waals surface area contributed by atoms with E-state index in [0.29, 0.717) is 18.9 Å².